The van der Waals surface area contributed by atoms with Crippen molar-refractivity contribution in [1.29, 1.82) is 0 Å². The molecule has 0 unspecified atom stereocenters. The molecule has 0 radical (unpaired) electrons. The molecule has 2 atom stereocenters. The summed E-state index contributed by atoms with van der Waals surface area (Å²) in [6.45, 7) is 4.01. The lowest BCUT2D eigenvalue weighted by atomic mass is 10.2. The maximum absolute atomic E-state index is 12.1. The molecule has 2 amide bonds. The van der Waals surface area contributed by atoms with E-state index in [0.29, 0.717) is 5.13 Å². The van der Waals surface area contributed by atoms with Gasteiger partial charge in [-0.3, -0.25) is 5.32 Å². The van der Waals surface area contributed by atoms with Gasteiger partial charge in [-0.1, -0.05) is 13.8 Å². The van der Waals surface area contributed by atoms with Crippen LogP contribution in [-0.4, -0.2) is 50.8 Å². The number of hydrogen-bond acceptors (Lipinski definition) is 5. The number of nitrogens with one attached hydrogen (secondary N) is 1. The van der Waals surface area contributed by atoms with Gasteiger partial charge in [0.2, 0.25) is 0 Å². The molecule has 0 spiro atoms. The highest BCUT2D eigenvalue weighted by atomic mass is 32.1. The van der Waals surface area contributed by atoms with Gasteiger partial charge in [-0.05, 0) is 5.92 Å². The summed E-state index contributed by atoms with van der Waals surface area (Å²) in [5, 5.41) is 23.4. The van der Waals surface area contributed by atoms with Gasteiger partial charge in [-0.2, -0.15) is 0 Å². The fourth-order valence-electron chi connectivity index (χ4n) is 2.04. The van der Waals surface area contributed by atoms with E-state index in [-0.39, 0.29) is 18.9 Å². The molecule has 1 aliphatic heterocycles. The number of carbonyl (C=O) groups is 2. The van der Waals surface area contributed by atoms with E-state index in [0.717, 1.165) is 10.6 Å². The second-order valence-corrected chi connectivity index (χ2v) is 5.92. The number of carboxylic acids is 1. The summed E-state index contributed by atoms with van der Waals surface area (Å²) in [5.74, 6) is -0.851. The molecule has 0 bridgehead atoms. The number of aromatic nitrogens is 1. The Bertz CT molecular complexity index is 517. The van der Waals surface area contributed by atoms with Crippen molar-refractivity contribution in [3.05, 3.63) is 11.1 Å². The molecule has 0 aromatic carbocycles. The van der Waals surface area contributed by atoms with Gasteiger partial charge in [-0.25, -0.2) is 14.6 Å². The number of carbonyl (C=O) groups excluding carboxylic acids is 1. The minimum Gasteiger partial charge on any atom is -0.480 e. The summed E-state index contributed by atoms with van der Waals surface area (Å²) in [7, 11) is 0. The van der Waals surface area contributed by atoms with Crippen molar-refractivity contribution in [1.82, 2.24) is 9.88 Å². The number of likely N-dealkylation sites (tertiary alicyclic amines) is 1. The normalized spacial score (nSPS) is 22.3. The molecule has 20 heavy (non-hydrogen) atoms. The third kappa shape index (κ3) is 3.07. The summed E-state index contributed by atoms with van der Waals surface area (Å²) in [6, 6.07) is -1.53. The lowest BCUT2D eigenvalue weighted by Gasteiger charge is -2.20. The van der Waals surface area contributed by atoms with E-state index in [1.807, 2.05) is 19.2 Å². The van der Waals surface area contributed by atoms with Crippen LogP contribution in [0.5, 0.6) is 0 Å². The highest BCUT2D eigenvalue weighted by molar-refractivity contribution is 7.13. The molecular weight excluding hydrogens is 282 g/mol. The van der Waals surface area contributed by atoms with Gasteiger partial charge >= 0.3 is 12.0 Å². The molecule has 1 fully saturated rings. The zero-order valence-electron chi connectivity index (χ0n) is 11.2. The first kappa shape index (κ1) is 14.7. The third-order valence-corrected chi connectivity index (χ3v) is 3.93. The molecule has 2 heterocycles. The second-order valence-electron chi connectivity index (χ2n) is 5.06. The van der Waals surface area contributed by atoms with Crippen molar-refractivity contribution < 1.29 is 19.8 Å². The highest BCUT2D eigenvalue weighted by Gasteiger charge is 2.39. The van der Waals surface area contributed by atoms with Crippen molar-refractivity contribution in [2.24, 2.45) is 0 Å². The number of carboxylic acid groups (broad SMARTS) is 1. The molecular formula is C12H17N3O4S. The van der Waals surface area contributed by atoms with Crippen LogP contribution in [0.15, 0.2) is 5.38 Å². The molecule has 1 saturated heterocycles. The number of rotatable bonds is 3. The number of aliphatic hydroxyl groups excluding tert-OH is 1. The number of nitrogens with zero attached hydrogens (tertiary/aromatic N) is 2. The predicted molar refractivity (Wildman–Crippen MR) is 74.0 cm³/mol. The first-order valence-corrected chi connectivity index (χ1v) is 7.20. The molecule has 8 heteroatoms. The lowest BCUT2D eigenvalue weighted by Crippen LogP contribution is -2.43. The molecule has 3 N–H and O–H groups in total. The largest absolute Gasteiger partial charge is 0.480 e. The Hall–Kier alpha value is -1.67. The van der Waals surface area contributed by atoms with Gasteiger partial charge in [0, 0.05) is 18.3 Å². The number of β-amino-alcohol motifs (C(OH)–C–C–N with tert-alkyl or cyclic N) is 1. The lowest BCUT2D eigenvalue weighted by molar-refractivity contribution is -0.141. The topological polar surface area (TPSA) is 103 Å². The van der Waals surface area contributed by atoms with Crippen molar-refractivity contribution in [3.8, 4) is 0 Å². The van der Waals surface area contributed by atoms with Gasteiger partial charge in [-0.15, -0.1) is 11.3 Å². The van der Waals surface area contributed by atoms with E-state index >= 15 is 0 Å². The van der Waals surface area contributed by atoms with Crippen LogP contribution in [0.4, 0.5) is 9.93 Å². The van der Waals surface area contributed by atoms with Gasteiger partial charge < -0.3 is 15.1 Å². The summed E-state index contributed by atoms with van der Waals surface area (Å²) in [6.07, 6.45) is -0.748. The number of aliphatic carboxylic acids is 1. The standard InChI is InChI=1S/C12H17N3O4S/c1-6(2)8-5-20-11(13-8)14-12(19)15-4-7(16)3-9(15)10(17)18/h5-7,9,16H,3-4H2,1-2H3,(H,17,18)(H,13,14,19)/t7-,9-/m0/s1. The number of thiazole rings is 1. The van der Waals surface area contributed by atoms with Gasteiger partial charge in [0.1, 0.15) is 6.04 Å². The van der Waals surface area contributed by atoms with Crippen molar-refractivity contribution in [3.63, 3.8) is 0 Å². The summed E-state index contributed by atoms with van der Waals surface area (Å²) in [5.41, 5.74) is 0.876. The van der Waals surface area contributed by atoms with Gasteiger partial charge in [0.15, 0.2) is 5.13 Å². The fourth-order valence-corrected chi connectivity index (χ4v) is 2.91. The van der Waals surface area contributed by atoms with Crippen LogP contribution >= 0.6 is 11.3 Å². The minimum atomic E-state index is -1.11. The van der Waals surface area contributed by atoms with E-state index in [4.69, 9.17) is 5.11 Å². The van der Waals surface area contributed by atoms with E-state index in [9.17, 15) is 14.7 Å². The van der Waals surface area contributed by atoms with Crippen LogP contribution in [0.1, 0.15) is 31.9 Å². The monoisotopic (exact) mass is 299 g/mol. The smallest absolute Gasteiger partial charge is 0.326 e. The van der Waals surface area contributed by atoms with E-state index in [1.54, 1.807) is 0 Å². The Kier molecular flexibility index (Phi) is 4.24. The predicted octanol–water partition coefficient (Wildman–Crippen LogP) is 1.32. The first-order chi connectivity index (χ1) is 9.38. The maximum Gasteiger partial charge on any atom is 0.326 e. The van der Waals surface area contributed by atoms with Crippen LogP contribution in [0.2, 0.25) is 0 Å². The van der Waals surface area contributed by atoms with Crippen LogP contribution in [-0.2, 0) is 4.79 Å². The van der Waals surface area contributed by atoms with Gasteiger partial charge in [0.05, 0.1) is 11.8 Å². The van der Waals surface area contributed by atoms with Crippen molar-refractivity contribution in [2.45, 2.75) is 38.3 Å². The summed E-state index contributed by atoms with van der Waals surface area (Å²) < 4.78 is 0. The zero-order chi connectivity index (χ0) is 14.9. The SMILES string of the molecule is CC(C)c1csc(NC(=O)N2C[C@@H](O)C[C@H]2C(=O)O)n1. The molecule has 1 aliphatic rings. The molecule has 0 aliphatic carbocycles. The minimum absolute atomic E-state index is 0.0191. The van der Waals surface area contributed by atoms with E-state index < -0.39 is 24.1 Å². The molecule has 2 rings (SSSR count). The quantitative estimate of drug-likeness (QED) is 0.781. The Balaban J connectivity index is 2.05. The molecule has 110 valence electrons. The number of amides is 2. The number of anilines is 1. The Labute approximate surface area is 120 Å². The Morgan fingerprint density at radius 1 is 1.55 bits per heavy atom. The third-order valence-electron chi connectivity index (χ3n) is 3.15. The zero-order valence-corrected chi connectivity index (χ0v) is 12.1. The van der Waals surface area contributed by atoms with Crippen LogP contribution < -0.4 is 5.32 Å². The first-order valence-electron chi connectivity index (χ1n) is 6.32. The molecule has 1 aromatic rings. The molecule has 1 aromatic heterocycles. The Morgan fingerprint density at radius 2 is 2.25 bits per heavy atom. The summed E-state index contributed by atoms with van der Waals surface area (Å²) >= 11 is 1.30. The van der Waals surface area contributed by atoms with Gasteiger partial charge in [0.25, 0.3) is 0 Å². The number of urea groups is 1. The average Bonchev–Trinajstić information content (AvgIpc) is 2.95. The fraction of sp³-hybridized carbons (Fsp3) is 0.583. The highest BCUT2D eigenvalue weighted by Crippen LogP contribution is 2.23. The van der Waals surface area contributed by atoms with Crippen LogP contribution in [0, 0.1) is 0 Å². The van der Waals surface area contributed by atoms with E-state index in [2.05, 4.69) is 10.3 Å². The second kappa shape index (κ2) is 5.76. The van der Waals surface area contributed by atoms with Crippen LogP contribution in [0.3, 0.4) is 0 Å². The maximum atomic E-state index is 12.1. The molecule has 7 nitrogen and oxygen atoms in total. The van der Waals surface area contributed by atoms with E-state index in [1.165, 1.54) is 11.3 Å². The number of hydrogen-bond donors (Lipinski definition) is 3. The molecule has 0 saturated carbocycles. The summed E-state index contributed by atoms with van der Waals surface area (Å²) in [4.78, 5) is 28.5. The Morgan fingerprint density at radius 3 is 2.80 bits per heavy atom. The number of aliphatic hydroxyl groups is 1. The van der Waals surface area contributed by atoms with Crippen molar-refractivity contribution in [2.75, 3.05) is 11.9 Å². The van der Waals surface area contributed by atoms with Crippen molar-refractivity contribution >= 4 is 28.5 Å². The average molecular weight is 299 g/mol. The van der Waals surface area contributed by atoms with Crippen LogP contribution in [0.25, 0.3) is 0 Å².